The maximum absolute atomic E-state index is 12.5. The molecule has 3 aromatic rings. The molecule has 1 aliphatic heterocycles. The Morgan fingerprint density at radius 1 is 1.38 bits per heavy atom. The van der Waals surface area contributed by atoms with Crippen molar-refractivity contribution in [3.05, 3.63) is 35.4 Å². The summed E-state index contributed by atoms with van der Waals surface area (Å²) < 4.78 is 7.49. The molecule has 136 valence electrons. The number of nitrogens with zero attached hydrogens (tertiary/aromatic N) is 5. The number of rotatable bonds is 5. The molecular weight excluding hydrogens is 330 g/mol. The molecule has 1 saturated heterocycles. The molecule has 1 fully saturated rings. The van der Waals surface area contributed by atoms with E-state index in [9.17, 15) is 4.79 Å². The van der Waals surface area contributed by atoms with Gasteiger partial charge >= 0.3 is 0 Å². The number of carbonyl (C=O) groups excluding carboxylic acids is 1. The molecule has 0 spiro atoms. The van der Waals surface area contributed by atoms with Gasteiger partial charge in [-0.05, 0) is 48.4 Å². The molecule has 1 aromatic carbocycles. The summed E-state index contributed by atoms with van der Waals surface area (Å²) in [4.78, 5) is 14.4. The average Bonchev–Trinajstić information content (AvgIpc) is 3.32. The lowest BCUT2D eigenvalue weighted by Gasteiger charge is -2.25. The standard InChI is InChI=1S/C19H23N5O2/c1-3-18(25)23(12-16-5-4-8-26-16)11-15-10-14-9-13(2)6-7-17(14)24-19(15)20-21-22-24/h6-7,9-10,16H,3-5,8,11-12H2,1-2H3. The van der Waals surface area contributed by atoms with Gasteiger partial charge in [-0.25, -0.2) is 0 Å². The Hall–Kier alpha value is -2.54. The molecule has 7 nitrogen and oxygen atoms in total. The molecule has 1 amide bonds. The third-order valence-corrected chi connectivity index (χ3v) is 4.96. The molecule has 0 N–H and O–H groups in total. The highest BCUT2D eigenvalue weighted by molar-refractivity contribution is 5.84. The fourth-order valence-electron chi connectivity index (χ4n) is 3.62. The molecule has 4 rings (SSSR count). The Morgan fingerprint density at radius 2 is 2.27 bits per heavy atom. The van der Waals surface area contributed by atoms with Crippen LogP contribution in [0.15, 0.2) is 24.3 Å². The number of pyridine rings is 1. The third kappa shape index (κ3) is 3.14. The van der Waals surface area contributed by atoms with Crippen LogP contribution in [-0.4, -0.2) is 50.1 Å². The van der Waals surface area contributed by atoms with E-state index in [4.69, 9.17) is 4.74 Å². The van der Waals surface area contributed by atoms with Crippen LogP contribution in [0.3, 0.4) is 0 Å². The van der Waals surface area contributed by atoms with Crippen molar-refractivity contribution in [2.75, 3.05) is 13.2 Å². The Labute approximate surface area is 151 Å². The monoisotopic (exact) mass is 353 g/mol. The molecule has 26 heavy (non-hydrogen) atoms. The van der Waals surface area contributed by atoms with Gasteiger partial charge in [0, 0.05) is 37.1 Å². The predicted molar refractivity (Wildman–Crippen MR) is 97.7 cm³/mol. The second-order valence-electron chi connectivity index (χ2n) is 6.91. The number of amides is 1. The largest absolute Gasteiger partial charge is 0.376 e. The number of benzene rings is 1. The molecule has 0 radical (unpaired) electrons. The highest BCUT2D eigenvalue weighted by Gasteiger charge is 2.23. The Balaban J connectivity index is 1.72. The molecular formula is C19H23N5O2. The zero-order chi connectivity index (χ0) is 18.1. The normalized spacial score (nSPS) is 17.2. The van der Waals surface area contributed by atoms with Crippen LogP contribution in [0.5, 0.6) is 0 Å². The van der Waals surface area contributed by atoms with Crippen molar-refractivity contribution < 1.29 is 9.53 Å². The third-order valence-electron chi connectivity index (χ3n) is 4.96. The first-order valence-electron chi connectivity index (χ1n) is 9.15. The van der Waals surface area contributed by atoms with Crippen LogP contribution < -0.4 is 0 Å². The molecule has 0 bridgehead atoms. The van der Waals surface area contributed by atoms with Gasteiger partial charge in [-0.1, -0.05) is 18.6 Å². The second kappa shape index (κ2) is 6.99. The zero-order valence-electron chi connectivity index (χ0n) is 15.2. The van der Waals surface area contributed by atoms with Gasteiger partial charge in [0.2, 0.25) is 5.91 Å². The molecule has 0 aliphatic carbocycles. The Bertz CT molecular complexity index is 946. The van der Waals surface area contributed by atoms with Gasteiger partial charge in [0.05, 0.1) is 11.6 Å². The van der Waals surface area contributed by atoms with Crippen molar-refractivity contribution in [2.45, 2.75) is 45.8 Å². The summed E-state index contributed by atoms with van der Waals surface area (Å²) in [7, 11) is 0. The summed E-state index contributed by atoms with van der Waals surface area (Å²) in [5.41, 5.74) is 3.79. The van der Waals surface area contributed by atoms with Gasteiger partial charge in [0.1, 0.15) is 0 Å². The minimum atomic E-state index is 0.121. The van der Waals surface area contributed by atoms with E-state index in [1.807, 2.05) is 24.0 Å². The van der Waals surface area contributed by atoms with E-state index >= 15 is 0 Å². The number of aromatic nitrogens is 4. The van der Waals surface area contributed by atoms with Crippen molar-refractivity contribution >= 4 is 22.5 Å². The molecule has 1 aliphatic rings. The first-order valence-corrected chi connectivity index (χ1v) is 9.15. The van der Waals surface area contributed by atoms with Crippen LogP contribution in [0.1, 0.15) is 37.3 Å². The van der Waals surface area contributed by atoms with Gasteiger partial charge in [0.15, 0.2) is 5.65 Å². The SMILES string of the molecule is CCC(=O)N(Cc1cc2cc(C)ccc2n2nnnc12)CC1CCCO1. The molecule has 2 aromatic heterocycles. The lowest BCUT2D eigenvalue weighted by atomic mass is 10.1. The van der Waals surface area contributed by atoms with Gasteiger partial charge < -0.3 is 9.64 Å². The van der Waals surface area contributed by atoms with Crippen molar-refractivity contribution in [3.63, 3.8) is 0 Å². The molecule has 1 unspecified atom stereocenters. The Kier molecular flexibility index (Phi) is 4.55. The topological polar surface area (TPSA) is 72.6 Å². The van der Waals surface area contributed by atoms with Crippen LogP contribution in [0, 0.1) is 6.92 Å². The number of hydrogen-bond donors (Lipinski definition) is 0. The molecule has 1 atom stereocenters. The quantitative estimate of drug-likeness (QED) is 0.705. The van der Waals surface area contributed by atoms with Gasteiger partial charge in [-0.3, -0.25) is 4.79 Å². The van der Waals surface area contributed by atoms with E-state index in [1.165, 1.54) is 5.56 Å². The number of aryl methyl sites for hydroxylation is 1. The number of hydrogen-bond acceptors (Lipinski definition) is 5. The zero-order valence-corrected chi connectivity index (χ0v) is 15.2. The van der Waals surface area contributed by atoms with E-state index in [-0.39, 0.29) is 12.0 Å². The van der Waals surface area contributed by atoms with Crippen molar-refractivity contribution in [2.24, 2.45) is 0 Å². The van der Waals surface area contributed by atoms with Crippen LogP contribution >= 0.6 is 0 Å². The highest BCUT2D eigenvalue weighted by atomic mass is 16.5. The van der Waals surface area contributed by atoms with E-state index in [1.54, 1.807) is 4.52 Å². The van der Waals surface area contributed by atoms with Gasteiger partial charge in [0.25, 0.3) is 0 Å². The first kappa shape index (κ1) is 16.9. The fraction of sp³-hybridized carbons (Fsp3) is 0.474. The van der Waals surface area contributed by atoms with Gasteiger partial charge in [-0.15, -0.1) is 5.10 Å². The summed E-state index contributed by atoms with van der Waals surface area (Å²) in [6.07, 6.45) is 2.67. The minimum Gasteiger partial charge on any atom is -0.376 e. The van der Waals surface area contributed by atoms with Crippen molar-refractivity contribution in [3.8, 4) is 0 Å². The van der Waals surface area contributed by atoms with Crippen LogP contribution in [0.4, 0.5) is 0 Å². The summed E-state index contributed by atoms with van der Waals surface area (Å²) >= 11 is 0. The Morgan fingerprint density at radius 3 is 3.04 bits per heavy atom. The number of ether oxygens (including phenoxy) is 1. The summed E-state index contributed by atoms with van der Waals surface area (Å²) in [6.45, 7) is 5.84. The maximum Gasteiger partial charge on any atom is 0.222 e. The lowest BCUT2D eigenvalue weighted by Crippen LogP contribution is -2.36. The maximum atomic E-state index is 12.5. The fourth-order valence-corrected chi connectivity index (χ4v) is 3.62. The predicted octanol–water partition coefficient (Wildman–Crippen LogP) is 2.50. The van der Waals surface area contributed by atoms with Crippen molar-refractivity contribution in [1.82, 2.24) is 24.9 Å². The number of tetrazole rings is 1. The molecule has 0 saturated carbocycles. The van der Waals surface area contributed by atoms with E-state index in [2.05, 4.69) is 34.6 Å². The van der Waals surface area contributed by atoms with Crippen LogP contribution in [0.2, 0.25) is 0 Å². The van der Waals surface area contributed by atoms with E-state index in [0.717, 1.165) is 35.9 Å². The molecule has 3 heterocycles. The minimum absolute atomic E-state index is 0.121. The highest BCUT2D eigenvalue weighted by Crippen LogP contribution is 2.23. The van der Waals surface area contributed by atoms with Crippen molar-refractivity contribution in [1.29, 1.82) is 0 Å². The summed E-state index contributed by atoms with van der Waals surface area (Å²) in [5, 5.41) is 13.2. The number of fused-ring (bicyclic) bond motifs is 3. The summed E-state index contributed by atoms with van der Waals surface area (Å²) in [6, 6.07) is 8.29. The first-order chi connectivity index (χ1) is 12.7. The summed E-state index contributed by atoms with van der Waals surface area (Å²) in [5.74, 6) is 0.121. The average molecular weight is 353 g/mol. The van der Waals surface area contributed by atoms with E-state index in [0.29, 0.717) is 25.2 Å². The second-order valence-corrected chi connectivity index (χ2v) is 6.91. The van der Waals surface area contributed by atoms with Gasteiger partial charge in [-0.2, -0.15) is 4.52 Å². The number of carbonyl (C=O) groups is 1. The van der Waals surface area contributed by atoms with Crippen LogP contribution in [0.25, 0.3) is 16.6 Å². The lowest BCUT2D eigenvalue weighted by molar-refractivity contribution is -0.133. The van der Waals surface area contributed by atoms with E-state index < -0.39 is 0 Å². The van der Waals surface area contributed by atoms with Crippen LogP contribution in [-0.2, 0) is 16.1 Å². The smallest absolute Gasteiger partial charge is 0.222 e. The molecule has 7 heteroatoms.